The number of nitrogens with zero attached hydrogens (tertiary/aromatic N) is 1. The van der Waals surface area contributed by atoms with Crippen LogP contribution in [0.25, 0.3) is 0 Å². The summed E-state index contributed by atoms with van der Waals surface area (Å²) in [6, 6.07) is 0. The smallest absolute Gasteiger partial charge is 0.306 e. The van der Waals surface area contributed by atoms with E-state index in [0.29, 0.717) is 18.0 Å². The maximum absolute atomic E-state index is 10.7. The standard InChI is InChI=1S/C8H10N2O2S/c9-8-10-5-2-1-4(7(11)12)3-6(5)13-8/h4H,1-3H2,(H2,9,10)(H,11,12)/t4-/m0/s1. The van der Waals surface area contributed by atoms with E-state index in [2.05, 4.69) is 4.98 Å². The minimum Gasteiger partial charge on any atom is -0.481 e. The number of hydrogen-bond donors (Lipinski definition) is 2. The van der Waals surface area contributed by atoms with Gasteiger partial charge < -0.3 is 10.8 Å². The number of rotatable bonds is 1. The maximum atomic E-state index is 10.7. The molecule has 0 radical (unpaired) electrons. The molecule has 1 aliphatic carbocycles. The minimum absolute atomic E-state index is 0.243. The number of carboxylic acid groups (broad SMARTS) is 1. The molecule has 0 aliphatic heterocycles. The van der Waals surface area contributed by atoms with Gasteiger partial charge in [0.1, 0.15) is 0 Å². The van der Waals surface area contributed by atoms with Crippen molar-refractivity contribution in [2.45, 2.75) is 19.3 Å². The Labute approximate surface area is 79.4 Å². The van der Waals surface area contributed by atoms with Gasteiger partial charge in [-0.1, -0.05) is 0 Å². The largest absolute Gasteiger partial charge is 0.481 e. The highest BCUT2D eigenvalue weighted by atomic mass is 32.1. The number of aliphatic carboxylic acids is 1. The summed E-state index contributed by atoms with van der Waals surface area (Å²) in [4.78, 5) is 15.9. The van der Waals surface area contributed by atoms with Crippen molar-refractivity contribution in [3.05, 3.63) is 10.6 Å². The molecule has 0 saturated carbocycles. The average molecular weight is 198 g/mol. The molecule has 1 aliphatic rings. The minimum atomic E-state index is -0.711. The zero-order valence-corrected chi connectivity index (χ0v) is 7.80. The number of carboxylic acids is 1. The van der Waals surface area contributed by atoms with Gasteiger partial charge in [-0.3, -0.25) is 4.79 Å². The van der Waals surface area contributed by atoms with Gasteiger partial charge in [0, 0.05) is 4.88 Å². The predicted molar refractivity (Wildman–Crippen MR) is 49.7 cm³/mol. The van der Waals surface area contributed by atoms with Crippen LogP contribution in [0.1, 0.15) is 17.0 Å². The first kappa shape index (κ1) is 8.50. The lowest BCUT2D eigenvalue weighted by atomic mass is 9.91. The summed E-state index contributed by atoms with van der Waals surface area (Å²) in [7, 11) is 0. The highest BCUT2D eigenvalue weighted by Crippen LogP contribution is 2.30. The molecule has 13 heavy (non-hydrogen) atoms. The van der Waals surface area contributed by atoms with Crippen molar-refractivity contribution >= 4 is 22.4 Å². The van der Waals surface area contributed by atoms with Crippen molar-refractivity contribution in [2.75, 3.05) is 5.73 Å². The quantitative estimate of drug-likeness (QED) is 0.703. The van der Waals surface area contributed by atoms with Gasteiger partial charge in [-0.05, 0) is 19.3 Å². The van der Waals surface area contributed by atoms with Crippen molar-refractivity contribution in [3.63, 3.8) is 0 Å². The number of fused-ring (bicyclic) bond motifs is 1. The van der Waals surface area contributed by atoms with Gasteiger partial charge in [0.2, 0.25) is 0 Å². The average Bonchev–Trinajstić information content (AvgIpc) is 2.42. The van der Waals surface area contributed by atoms with Gasteiger partial charge in [0.25, 0.3) is 0 Å². The lowest BCUT2D eigenvalue weighted by Crippen LogP contribution is -2.21. The van der Waals surface area contributed by atoms with Gasteiger partial charge in [-0.15, -0.1) is 11.3 Å². The first-order valence-corrected chi connectivity index (χ1v) is 4.95. The van der Waals surface area contributed by atoms with Crippen LogP contribution in [0, 0.1) is 5.92 Å². The van der Waals surface area contributed by atoms with E-state index in [1.165, 1.54) is 11.3 Å². The van der Waals surface area contributed by atoms with Crippen LogP contribution in [-0.2, 0) is 17.6 Å². The Hall–Kier alpha value is -1.10. The second-order valence-electron chi connectivity index (χ2n) is 3.20. The van der Waals surface area contributed by atoms with Crippen LogP contribution in [0.4, 0.5) is 5.13 Å². The molecular weight excluding hydrogens is 188 g/mol. The van der Waals surface area contributed by atoms with Crippen LogP contribution in [0.2, 0.25) is 0 Å². The number of carbonyl (C=O) groups is 1. The lowest BCUT2D eigenvalue weighted by Gasteiger charge is -2.16. The molecule has 1 atom stereocenters. The summed E-state index contributed by atoms with van der Waals surface area (Å²) in [6.45, 7) is 0. The second kappa shape index (κ2) is 2.99. The molecule has 0 unspecified atom stereocenters. The van der Waals surface area contributed by atoms with Gasteiger partial charge in [0.05, 0.1) is 11.6 Å². The Bertz CT molecular complexity index is 348. The third kappa shape index (κ3) is 1.51. The van der Waals surface area contributed by atoms with Crippen LogP contribution in [-0.4, -0.2) is 16.1 Å². The van der Waals surface area contributed by atoms with Crippen molar-refractivity contribution < 1.29 is 9.90 Å². The number of aromatic nitrogens is 1. The van der Waals surface area contributed by atoms with E-state index in [1.54, 1.807) is 0 Å². The summed E-state index contributed by atoms with van der Waals surface area (Å²) in [5, 5.41) is 9.38. The van der Waals surface area contributed by atoms with Crippen LogP contribution in [0.5, 0.6) is 0 Å². The normalized spacial score (nSPS) is 21.1. The van der Waals surface area contributed by atoms with E-state index in [1.807, 2.05) is 0 Å². The molecule has 0 aromatic carbocycles. The fourth-order valence-electron chi connectivity index (χ4n) is 1.61. The molecule has 2 rings (SSSR count). The highest BCUT2D eigenvalue weighted by molar-refractivity contribution is 7.15. The molecule has 5 heteroatoms. The van der Waals surface area contributed by atoms with E-state index in [-0.39, 0.29) is 5.92 Å². The maximum Gasteiger partial charge on any atom is 0.306 e. The summed E-state index contributed by atoms with van der Waals surface area (Å²) >= 11 is 1.41. The monoisotopic (exact) mass is 198 g/mol. The Kier molecular flexibility index (Phi) is 1.95. The number of nitrogens with two attached hydrogens (primary N) is 1. The zero-order valence-electron chi connectivity index (χ0n) is 6.99. The van der Waals surface area contributed by atoms with E-state index in [9.17, 15) is 4.79 Å². The third-order valence-corrected chi connectivity index (χ3v) is 3.25. The first-order chi connectivity index (χ1) is 6.16. The third-order valence-electron chi connectivity index (χ3n) is 2.31. The number of anilines is 1. The van der Waals surface area contributed by atoms with Gasteiger partial charge >= 0.3 is 5.97 Å². The highest BCUT2D eigenvalue weighted by Gasteiger charge is 2.26. The Balaban J connectivity index is 2.24. The van der Waals surface area contributed by atoms with Crippen molar-refractivity contribution in [1.82, 2.24) is 4.98 Å². The van der Waals surface area contributed by atoms with Crippen LogP contribution in [0.3, 0.4) is 0 Å². The van der Waals surface area contributed by atoms with Crippen LogP contribution < -0.4 is 5.73 Å². The summed E-state index contributed by atoms with van der Waals surface area (Å²) < 4.78 is 0. The van der Waals surface area contributed by atoms with Gasteiger partial charge in [0.15, 0.2) is 5.13 Å². The number of hydrogen-bond acceptors (Lipinski definition) is 4. The fourth-order valence-corrected chi connectivity index (χ4v) is 2.56. The molecule has 70 valence electrons. The van der Waals surface area contributed by atoms with Crippen LogP contribution in [0.15, 0.2) is 0 Å². The fraction of sp³-hybridized carbons (Fsp3) is 0.500. The Morgan fingerprint density at radius 2 is 2.46 bits per heavy atom. The van der Waals surface area contributed by atoms with E-state index in [0.717, 1.165) is 17.0 Å². The van der Waals surface area contributed by atoms with Crippen molar-refractivity contribution in [3.8, 4) is 0 Å². The predicted octanol–water partition coefficient (Wildman–Crippen LogP) is 0.915. The molecule has 0 fully saturated rings. The first-order valence-electron chi connectivity index (χ1n) is 4.13. The molecule has 0 spiro atoms. The topological polar surface area (TPSA) is 76.2 Å². The zero-order chi connectivity index (χ0) is 9.42. The molecule has 1 aromatic heterocycles. The van der Waals surface area contributed by atoms with Gasteiger partial charge in [-0.25, -0.2) is 4.98 Å². The summed E-state index contributed by atoms with van der Waals surface area (Å²) in [5.41, 5.74) is 6.54. The molecule has 1 aromatic rings. The molecule has 1 heterocycles. The van der Waals surface area contributed by atoms with Crippen molar-refractivity contribution in [1.29, 1.82) is 0 Å². The Morgan fingerprint density at radius 3 is 3.15 bits per heavy atom. The van der Waals surface area contributed by atoms with E-state index in [4.69, 9.17) is 10.8 Å². The Morgan fingerprint density at radius 1 is 1.69 bits per heavy atom. The second-order valence-corrected chi connectivity index (χ2v) is 4.32. The summed E-state index contributed by atoms with van der Waals surface area (Å²) in [6.07, 6.45) is 2.03. The lowest BCUT2D eigenvalue weighted by molar-refractivity contribution is -0.142. The molecule has 4 nitrogen and oxygen atoms in total. The molecule has 0 saturated heterocycles. The van der Waals surface area contributed by atoms with Crippen LogP contribution >= 0.6 is 11.3 Å². The number of thiazole rings is 1. The number of aryl methyl sites for hydroxylation is 1. The molecule has 0 amide bonds. The molecule has 0 bridgehead atoms. The number of nitrogen functional groups attached to an aromatic ring is 1. The molecular formula is C8H10N2O2S. The SMILES string of the molecule is Nc1nc2c(s1)C[C@@H](C(=O)O)CC2. The van der Waals surface area contributed by atoms with E-state index >= 15 is 0 Å². The molecule has 3 N–H and O–H groups in total. The van der Waals surface area contributed by atoms with Crippen molar-refractivity contribution in [2.24, 2.45) is 5.92 Å². The van der Waals surface area contributed by atoms with Gasteiger partial charge in [-0.2, -0.15) is 0 Å². The van der Waals surface area contributed by atoms with E-state index < -0.39 is 5.97 Å². The summed E-state index contributed by atoms with van der Waals surface area (Å²) in [5.74, 6) is -0.954.